The fraction of sp³-hybridized carbons (Fsp3) is 1.00. The molecule has 56 valence electrons. The first-order valence-corrected chi connectivity index (χ1v) is 4.61. The zero-order valence-electron chi connectivity index (χ0n) is 7.15. The van der Waals surface area contributed by atoms with E-state index in [1.54, 1.807) is 12.8 Å². The van der Waals surface area contributed by atoms with E-state index in [4.69, 9.17) is 0 Å². The molecule has 3 rings (SSSR count). The van der Waals surface area contributed by atoms with E-state index in [-0.39, 0.29) is 0 Å². The molecule has 0 bridgehead atoms. The molecule has 3 fully saturated rings. The van der Waals surface area contributed by atoms with Gasteiger partial charge in [0.25, 0.3) is 0 Å². The summed E-state index contributed by atoms with van der Waals surface area (Å²) in [4.78, 5) is 0. The highest BCUT2D eigenvalue weighted by Gasteiger charge is 2.82. The smallest absolute Gasteiger partial charge is 0.0184 e. The lowest BCUT2D eigenvalue weighted by Crippen LogP contribution is -2.41. The van der Waals surface area contributed by atoms with Gasteiger partial charge in [0.05, 0.1) is 0 Å². The predicted molar refractivity (Wildman–Crippen MR) is 41.6 cm³/mol. The van der Waals surface area contributed by atoms with Gasteiger partial charge in [-0.3, -0.25) is 0 Å². The number of fused-ring (bicyclic) bond motifs is 2. The molecule has 4 atom stereocenters. The standard InChI is InChI=1S/C10H16/c1-6-5-10(6)8-4-7(8)9(10,2)3/h6-8H,4-5H2,1-3H3. The van der Waals surface area contributed by atoms with Crippen molar-refractivity contribution in [3.05, 3.63) is 0 Å². The van der Waals surface area contributed by atoms with E-state index in [0.717, 1.165) is 22.7 Å². The Bertz CT molecular complexity index is 204. The van der Waals surface area contributed by atoms with Crippen molar-refractivity contribution in [3.63, 3.8) is 0 Å². The van der Waals surface area contributed by atoms with Gasteiger partial charge in [-0.2, -0.15) is 0 Å². The second-order valence-corrected chi connectivity index (χ2v) is 5.32. The van der Waals surface area contributed by atoms with Crippen molar-refractivity contribution in [1.82, 2.24) is 0 Å². The molecule has 3 saturated carbocycles. The molecule has 0 heteroatoms. The molecule has 0 aromatic heterocycles. The molecule has 4 unspecified atom stereocenters. The average Bonchev–Trinajstić information content (AvgIpc) is 2.56. The molecule has 0 saturated heterocycles. The molecule has 0 radical (unpaired) electrons. The Morgan fingerprint density at radius 3 is 2.00 bits per heavy atom. The minimum atomic E-state index is 0.733. The van der Waals surface area contributed by atoms with Crippen LogP contribution in [0.15, 0.2) is 0 Å². The second-order valence-electron chi connectivity index (χ2n) is 5.32. The van der Waals surface area contributed by atoms with Gasteiger partial charge >= 0.3 is 0 Å². The summed E-state index contributed by atoms with van der Waals surface area (Å²) in [6.07, 6.45) is 3.11. The van der Waals surface area contributed by atoms with Crippen LogP contribution in [0.5, 0.6) is 0 Å². The van der Waals surface area contributed by atoms with E-state index in [9.17, 15) is 0 Å². The lowest BCUT2D eigenvalue weighted by Gasteiger charge is -2.46. The molecule has 0 amide bonds. The monoisotopic (exact) mass is 136 g/mol. The number of hydrogen-bond acceptors (Lipinski definition) is 0. The summed E-state index contributed by atoms with van der Waals surface area (Å²) in [5.74, 6) is 3.38. The quantitative estimate of drug-likeness (QED) is 0.480. The molecule has 3 aliphatic carbocycles. The summed E-state index contributed by atoms with van der Waals surface area (Å²) in [6.45, 7) is 7.42. The third kappa shape index (κ3) is 0.302. The Morgan fingerprint density at radius 1 is 1.20 bits per heavy atom. The maximum Gasteiger partial charge on any atom is -0.0184 e. The molecule has 0 N–H and O–H groups in total. The fourth-order valence-corrected chi connectivity index (χ4v) is 4.15. The average molecular weight is 136 g/mol. The Hall–Kier alpha value is 0. The van der Waals surface area contributed by atoms with E-state index in [0.29, 0.717) is 0 Å². The van der Waals surface area contributed by atoms with Crippen molar-refractivity contribution < 1.29 is 0 Å². The SMILES string of the molecule is CC1CC12C1CC1C2(C)C. The summed E-state index contributed by atoms with van der Waals surface area (Å²) in [6, 6.07) is 0. The highest BCUT2D eigenvalue weighted by Crippen LogP contribution is 2.88. The normalized spacial score (nSPS) is 66.9. The molecule has 0 aromatic rings. The van der Waals surface area contributed by atoms with E-state index < -0.39 is 0 Å². The molecule has 10 heavy (non-hydrogen) atoms. The molecular formula is C10H16. The molecule has 0 nitrogen and oxygen atoms in total. The van der Waals surface area contributed by atoms with Gasteiger partial charge in [-0.1, -0.05) is 20.8 Å². The molecule has 0 heterocycles. The third-order valence-corrected chi connectivity index (χ3v) is 4.94. The van der Waals surface area contributed by atoms with Gasteiger partial charge in [-0.25, -0.2) is 0 Å². The van der Waals surface area contributed by atoms with Gasteiger partial charge in [-0.05, 0) is 41.4 Å². The van der Waals surface area contributed by atoms with Crippen LogP contribution in [0.2, 0.25) is 0 Å². The molecule has 1 spiro atoms. The van der Waals surface area contributed by atoms with Crippen molar-refractivity contribution in [2.75, 3.05) is 0 Å². The first kappa shape index (κ1) is 5.62. The first-order valence-electron chi connectivity index (χ1n) is 4.61. The molecule has 0 aliphatic heterocycles. The van der Waals surface area contributed by atoms with Crippen molar-refractivity contribution in [2.24, 2.45) is 28.6 Å². The minimum Gasteiger partial charge on any atom is -0.0619 e. The van der Waals surface area contributed by atoms with Crippen LogP contribution in [0.25, 0.3) is 0 Å². The second kappa shape index (κ2) is 1.09. The largest absolute Gasteiger partial charge is 0.0619 e. The van der Waals surface area contributed by atoms with Crippen molar-refractivity contribution >= 4 is 0 Å². The van der Waals surface area contributed by atoms with E-state index in [1.807, 2.05) is 0 Å². The topological polar surface area (TPSA) is 0 Å². The van der Waals surface area contributed by atoms with E-state index in [1.165, 1.54) is 5.92 Å². The summed E-state index contributed by atoms with van der Waals surface area (Å²) in [5, 5.41) is 0. The summed E-state index contributed by atoms with van der Waals surface area (Å²) >= 11 is 0. The summed E-state index contributed by atoms with van der Waals surface area (Å²) in [5.41, 5.74) is 1.59. The van der Waals surface area contributed by atoms with Crippen LogP contribution in [0.4, 0.5) is 0 Å². The van der Waals surface area contributed by atoms with Crippen LogP contribution in [0.3, 0.4) is 0 Å². The van der Waals surface area contributed by atoms with Crippen LogP contribution >= 0.6 is 0 Å². The van der Waals surface area contributed by atoms with Crippen LogP contribution in [0.1, 0.15) is 33.6 Å². The van der Waals surface area contributed by atoms with Crippen molar-refractivity contribution in [2.45, 2.75) is 33.6 Å². The highest BCUT2D eigenvalue weighted by atomic mass is 14.9. The van der Waals surface area contributed by atoms with Crippen molar-refractivity contribution in [3.8, 4) is 0 Å². The Kier molecular flexibility index (Phi) is 0.612. The van der Waals surface area contributed by atoms with Gasteiger partial charge in [-0.15, -0.1) is 0 Å². The Balaban J connectivity index is 2.01. The van der Waals surface area contributed by atoms with Crippen LogP contribution < -0.4 is 0 Å². The maximum atomic E-state index is 2.49. The summed E-state index contributed by atoms with van der Waals surface area (Å²) < 4.78 is 0. The van der Waals surface area contributed by atoms with Gasteiger partial charge in [0, 0.05) is 0 Å². The Morgan fingerprint density at radius 2 is 1.80 bits per heavy atom. The zero-order chi connectivity index (χ0) is 7.15. The van der Waals surface area contributed by atoms with Gasteiger partial charge in [0.2, 0.25) is 0 Å². The fourth-order valence-electron chi connectivity index (χ4n) is 4.15. The van der Waals surface area contributed by atoms with E-state index in [2.05, 4.69) is 20.8 Å². The third-order valence-electron chi connectivity index (χ3n) is 4.94. The molecule has 3 aliphatic rings. The van der Waals surface area contributed by atoms with E-state index >= 15 is 0 Å². The van der Waals surface area contributed by atoms with Crippen LogP contribution in [0, 0.1) is 28.6 Å². The lowest BCUT2D eigenvalue weighted by molar-refractivity contribution is 0.0140. The molecular weight excluding hydrogens is 120 g/mol. The molecule has 0 aromatic carbocycles. The maximum absolute atomic E-state index is 2.49. The van der Waals surface area contributed by atoms with Crippen LogP contribution in [-0.2, 0) is 0 Å². The zero-order valence-corrected chi connectivity index (χ0v) is 7.15. The highest BCUT2D eigenvalue weighted by molar-refractivity contribution is 5.30. The summed E-state index contributed by atoms with van der Waals surface area (Å²) in [7, 11) is 0. The van der Waals surface area contributed by atoms with Crippen LogP contribution in [-0.4, -0.2) is 0 Å². The number of hydrogen-bond donors (Lipinski definition) is 0. The number of rotatable bonds is 0. The first-order chi connectivity index (χ1) is 4.61. The lowest BCUT2D eigenvalue weighted by atomic mass is 9.58. The Labute approximate surface area is 63.0 Å². The van der Waals surface area contributed by atoms with Gasteiger partial charge in [0.1, 0.15) is 0 Å². The minimum absolute atomic E-state index is 0.733. The van der Waals surface area contributed by atoms with Gasteiger partial charge in [0.15, 0.2) is 0 Å². The predicted octanol–water partition coefficient (Wildman–Crippen LogP) is 2.69. The van der Waals surface area contributed by atoms with Gasteiger partial charge < -0.3 is 0 Å². The van der Waals surface area contributed by atoms with Crippen molar-refractivity contribution in [1.29, 1.82) is 0 Å².